The minimum Gasteiger partial charge on any atom is -0.478 e. The molecule has 0 atom stereocenters. The minimum atomic E-state index is -1.16. The van der Waals surface area contributed by atoms with Gasteiger partial charge in [-0.05, 0) is 29.8 Å². The third kappa shape index (κ3) is 3.91. The van der Waals surface area contributed by atoms with E-state index in [1.807, 2.05) is 0 Å². The summed E-state index contributed by atoms with van der Waals surface area (Å²) in [5.41, 5.74) is 5.24. The first-order chi connectivity index (χ1) is 10.9. The SMILES string of the molecule is NC(=O)c1ccc(F)c(NC(=O)Cc2ccccc2C(=O)O)c1. The second-order valence-corrected chi connectivity index (χ2v) is 4.75. The lowest BCUT2D eigenvalue weighted by Gasteiger charge is -2.09. The molecule has 0 aliphatic carbocycles. The van der Waals surface area contributed by atoms with Gasteiger partial charge in [0, 0.05) is 5.56 Å². The number of aromatic carboxylic acids is 1. The van der Waals surface area contributed by atoms with Crippen molar-refractivity contribution in [1.29, 1.82) is 0 Å². The highest BCUT2D eigenvalue weighted by Crippen LogP contribution is 2.17. The molecule has 118 valence electrons. The zero-order valence-corrected chi connectivity index (χ0v) is 11.9. The zero-order chi connectivity index (χ0) is 17.0. The predicted octanol–water partition coefficient (Wildman–Crippen LogP) is 1.80. The Labute approximate surface area is 130 Å². The summed E-state index contributed by atoms with van der Waals surface area (Å²) in [6, 6.07) is 9.36. The van der Waals surface area contributed by atoms with Crippen molar-refractivity contribution in [3.63, 3.8) is 0 Å². The Morgan fingerprint density at radius 1 is 1.13 bits per heavy atom. The fourth-order valence-corrected chi connectivity index (χ4v) is 2.02. The molecular formula is C16H13FN2O4. The molecule has 0 bridgehead atoms. The van der Waals surface area contributed by atoms with Crippen molar-refractivity contribution in [2.75, 3.05) is 5.32 Å². The Morgan fingerprint density at radius 2 is 1.83 bits per heavy atom. The van der Waals surface area contributed by atoms with Crippen LogP contribution in [0.2, 0.25) is 0 Å². The molecule has 2 aromatic carbocycles. The van der Waals surface area contributed by atoms with E-state index in [-0.39, 0.29) is 23.2 Å². The molecule has 0 saturated heterocycles. The topological polar surface area (TPSA) is 109 Å². The van der Waals surface area contributed by atoms with Gasteiger partial charge in [-0.25, -0.2) is 9.18 Å². The molecule has 23 heavy (non-hydrogen) atoms. The summed E-state index contributed by atoms with van der Waals surface area (Å²) in [7, 11) is 0. The van der Waals surface area contributed by atoms with Crippen LogP contribution < -0.4 is 11.1 Å². The van der Waals surface area contributed by atoms with Gasteiger partial charge < -0.3 is 16.2 Å². The summed E-state index contributed by atoms with van der Waals surface area (Å²) in [6.45, 7) is 0. The molecule has 0 aliphatic heterocycles. The molecule has 0 spiro atoms. The van der Waals surface area contributed by atoms with Gasteiger partial charge in [-0.3, -0.25) is 9.59 Å². The summed E-state index contributed by atoms with van der Waals surface area (Å²) in [5, 5.41) is 11.4. The first-order valence-corrected chi connectivity index (χ1v) is 6.59. The number of carboxylic acid groups (broad SMARTS) is 1. The third-order valence-corrected chi connectivity index (χ3v) is 3.12. The number of primary amides is 1. The van der Waals surface area contributed by atoms with Crippen molar-refractivity contribution in [3.05, 3.63) is 65.0 Å². The van der Waals surface area contributed by atoms with Crippen molar-refractivity contribution in [1.82, 2.24) is 0 Å². The Bertz CT molecular complexity index is 789. The molecule has 2 rings (SSSR count). The van der Waals surface area contributed by atoms with Crippen LogP contribution in [0.4, 0.5) is 10.1 Å². The molecule has 0 fully saturated rings. The number of rotatable bonds is 5. The molecule has 4 N–H and O–H groups in total. The fraction of sp³-hybridized carbons (Fsp3) is 0.0625. The second kappa shape index (κ2) is 6.69. The van der Waals surface area contributed by atoms with Crippen LogP contribution in [0.1, 0.15) is 26.3 Å². The molecule has 0 aliphatic rings. The number of nitrogens with one attached hydrogen (secondary N) is 1. The van der Waals surface area contributed by atoms with E-state index >= 15 is 0 Å². The lowest BCUT2D eigenvalue weighted by Crippen LogP contribution is -2.18. The molecular weight excluding hydrogens is 303 g/mol. The van der Waals surface area contributed by atoms with Crippen LogP contribution >= 0.6 is 0 Å². The zero-order valence-electron chi connectivity index (χ0n) is 11.9. The molecule has 0 unspecified atom stereocenters. The van der Waals surface area contributed by atoms with Gasteiger partial charge in [0.15, 0.2) is 0 Å². The molecule has 0 radical (unpaired) electrons. The van der Waals surface area contributed by atoms with E-state index in [0.717, 1.165) is 12.1 Å². The van der Waals surface area contributed by atoms with Crippen molar-refractivity contribution in [2.45, 2.75) is 6.42 Å². The highest BCUT2D eigenvalue weighted by molar-refractivity contribution is 5.98. The van der Waals surface area contributed by atoms with Gasteiger partial charge in [0.2, 0.25) is 11.8 Å². The van der Waals surface area contributed by atoms with E-state index in [2.05, 4.69) is 5.32 Å². The van der Waals surface area contributed by atoms with Gasteiger partial charge in [0.05, 0.1) is 17.7 Å². The maximum absolute atomic E-state index is 13.7. The Balaban J connectivity index is 2.19. The molecule has 0 heterocycles. The van der Waals surface area contributed by atoms with E-state index in [0.29, 0.717) is 5.56 Å². The molecule has 0 saturated carbocycles. The van der Waals surface area contributed by atoms with E-state index in [1.165, 1.54) is 18.2 Å². The molecule has 6 nitrogen and oxygen atoms in total. The van der Waals surface area contributed by atoms with E-state index in [9.17, 15) is 18.8 Å². The number of carboxylic acids is 1. The minimum absolute atomic E-state index is 0.00555. The number of hydrogen-bond acceptors (Lipinski definition) is 3. The van der Waals surface area contributed by atoms with Crippen LogP contribution in [0.15, 0.2) is 42.5 Å². The average molecular weight is 316 g/mol. The predicted molar refractivity (Wildman–Crippen MR) is 80.7 cm³/mol. The summed E-state index contributed by atoms with van der Waals surface area (Å²) in [4.78, 5) is 34.2. The summed E-state index contributed by atoms with van der Waals surface area (Å²) < 4.78 is 13.7. The molecule has 2 amide bonds. The molecule has 2 aromatic rings. The first-order valence-electron chi connectivity index (χ1n) is 6.59. The number of carbonyl (C=O) groups excluding carboxylic acids is 2. The van der Waals surface area contributed by atoms with Crippen LogP contribution in [0, 0.1) is 5.82 Å². The number of carbonyl (C=O) groups is 3. The van der Waals surface area contributed by atoms with Crippen LogP contribution in [0.5, 0.6) is 0 Å². The summed E-state index contributed by atoms with van der Waals surface area (Å²) >= 11 is 0. The number of amides is 2. The second-order valence-electron chi connectivity index (χ2n) is 4.75. The average Bonchev–Trinajstić information content (AvgIpc) is 2.49. The normalized spacial score (nSPS) is 10.1. The van der Waals surface area contributed by atoms with Crippen LogP contribution in [0.3, 0.4) is 0 Å². The van der Waals surface area contributed by atoms with Crippen molar-refractivity contribution in [2.24, 2.45) is 5.73 Å². The van der Waals surface area contributed by atoms with Gasteiger partial charge >= 0.3 is 5.97 Å². The van der Waals surface area contributed by atoms with Crippen molar-refractivity contribution < 1.29 is 23.9 Å². The number of halogens is 1. The van der Waals surface area contributed by atoms with E-state index in [1.54, 1.807) is 12.1 Å². The monoisotopic (exact) mass is 316 g/mol. The van der Waals surface area contributed by atoms with Crippen LogP contribution in [0.25, 0.3) is 0 Å². The van der Waals surface area contributed by atoms with E-state index < -0.39 is 23.6 Å². The Morgan fingerprint density at radius 3 is 2.48 bits per heavy atom. The number of benzene rings is 2. The third-order valence-electron chi connectivity index (χ3n) is 3.12. The Kier molecular flexibility index (Phi) is 4.70. The summed E-state index contributed by atoms with van der Waals surface area (Å²) in [6.07, 6.45) is -0.247. The Hall–Kier alpha value is -3.22. The summed E-state index contributed by atoms with van der Waals surface area (Å²) in [5.74, 6) is -3.25. The maximum Gasteiger partial charge on any atom is 0.335 e. The maximum atomic E-state index is 13.7. The highest BCUT2D eigenvalue weighted by Gasteiger charge is 2.14. The molecule has 0 aromatic heterocycles. The van der Waals surface area contributed by atoms with Gasteiger partial charge in [-0.2, -0.15) is 0 Å². The number of anilines is 1. The van der Waals surface area contributed by atoms with Gasteiger partial charge in [-0.15, -0.1) is 0 Å². The van der Waals surface area contributed by atoms with Gasteiger partial charge in [0.1, 0.15) is 5.82 Å². The largest absolute Gasteiger partial charge is 0.478 e. The van der Waals surface area contributed by atoms with Gasteiger partial charge in [-0.1, -0.05) is 18.2 Å². The molecule has 7 heteroatoms. The number of nitrogens with two attached hydrogens (primary N) is 1. The smallest absolute Gasteiger partial charge is 0.335 e. The standard InChI is InChI=1S/C16H13FN2O4/c17-12-6-5-10(15(18)21)7-13(12)19-14(20)8-9-3-1-2-4-11(9)16(22)23/h1-7H,8H2,(H2,18,21)(H,19,20)(H,22,23). The van der Waals surface area contributed by atoms with Gasteiger partial charge in [0.25, 0.3) is 0 Å². The van der Waals surface area contributed by atoms with Crippen LogP contribution in [-0.4, -0.2) is 22.9 Å². The lowest BCUT2D eigenvalue weighted by molar-refractivity contribution is -0.115. The van der Waals surface area contributed by atoms with Crippen molar-refractivity contribution in [3.8, 4) is 0 Å². The first kappa shape index (κ1) is 16.2. The fourth-order valence-electron chi connectivity index (χ4n) is 2.02. The number of hydrogen-bond donors (Lipinski definition) is 3. The lowest BCUT2D eigenvalue weighted by atomic mass is 10.0. The van der Waals surface area contributed by atoms with E-state index in [4.69, 9.17) is 10.8 Å². The highest BCUT2D eigenvalue weighted by atomic mass is 19.1. The quantitative estimate of drug-likeness (QED) is 0.781. The van der Waals surface area contributed by atoms with Crippen LogP contribution in [-0.2, 0) is 11.2 Å². The van der Waals surface area contributed by atoms with Crippen molar-refractivity contribution >= 4 is 23.5 Å².